The fraction of sp³-hybridized carbons (Fsp3) is 0.667. The van der Waals surface area contributed by atoms with E-state index in [4.69, 9.17) is 4.74 Å². The third-order valence-corrected chi connectivity index (χ3v) is 7.24. The lowest BCUT2D eigenvalue weighted by Gasteiger charge is -2.32. The number of nitrogens with one attached hydrogen (secondary N) is 3. The summed E-state index contributed by atoms with van der Waals surface area (Å²) in [5, 5.41) is 8.07. The van der Waals surface area contributed by atoms with Crippen molar-refractivity contribution in [1.29, 1.82) is 0 Å². The lowest BCUT2D eigenvalue weighted by atomic mass is 9.95. The Morgan fingerprint density at radius 3 is 2.82 bits per heavy atom. The number of hydrogen-bond donors (Lipinski definition) is 3. The second kappa shape index (κ2) is 10.8. The second-order valence-electron chi connectivity index (χ2n) is 9.68. The SMILES string of the molecule is C[Si](C)(C)CCOCn1ccc2nc(NC(=O)NC(CC(F)(F)F)C3CCCCN3)cnc21. The number of rotatable bonds is 9. The number of piperidine rings is 1. The molecule has 8 nitrogen and oxygen atoms in total. The van der Waals surface area contributed by atoms with Gasteiger partial charge in [0.1, 0.15) is 12.2 Å². The normalized spacial score (nSPS) is 18.3. The highest BCUT2D eigenvalue weighted by Gasteiger charge is 2.37. The lowest BCUT2D eigenvalue weighted by Crippen LogP contribution is -2.54. The van der Waals surface area contributed by atoms with E-state index in [0.29, 0.717) is 37.5 Å². The zero-order valence-electron chi connectivity index (χ0n) is 19.3. The number of carbonyl (C=O) groups excluding carboxylic acids is 1. The molecule has 0 saturated carbocycles. The maximum Gasteiger partial charge on any atom is 0.391 e. The highest BCUT2D eigenvalue weighted by Crippen LogP contribution is 2.25. The van der Waals surface area contributed by atoms with Crippen LogP contribution in [0.3, 0.4) is 0 Å². The molecule has 3 N–H and O–H groups in total. The molecule has 3 rings (SSSR count). The van der Waals surface area contributed by atoms with Gasteiger partial charge in [-0.2, -0.15) is 13.2 Å². The largest absolute Gasteiger partial charge is 0.391 e. The van der Waals surface area contributed by atoms with Gasteiger partial charge in [0.15, 0.2) is 11.5 Å². The molecule has 1 aliphatic rings. The second-order valence-corrected chi connectivity index (χ2v) is 15.3. The summed E-state index contributed by atoms with van der Waals surface area (Å²) in [4.78, 5) is 21.1. The molecule has 0 radical (unpaired) electrons. The van der Waals surface area contributed by atoms with Crippen molar-refractivity contribution in [1.82, 2.24) is 25.2 Å². The van der Waals surface area contributed by atoms with E-state index < -0.39 is 38.8 Å². The minimum absolute atomic E-state index is 0.166. The van der Waals surface area contributed by atoms with E-state index in [1.807, 2.05) is 4.57 Å². The van der Waals surface area contributed by atoms with Crippen LogP contribution in [-0.4, -0.2) is 60.1 Å². The van der Waals surface area contributed by atoms with Crippen LogP contribution >= 0.6 is 0 Å². The number of fused-ring (bicyclic) bond motifs is 1. The maximum absolute atomic E-state index is 13.1. The van der Waals surface area contributed by atoms with Crippen LogP contribution in [0, 0.1) is 0 Å². The summed E-state index contributed by atoms with van der Waals surface area (Å²) in [6, 6.07) is 0.601. The topological polar surface area (TPSA) is 93.1 Å². The number of amides is 2. The number of halogens is 3. The number of aromatic nitrogens is 3. The van der Waals surface area contributed by atoms with E-state index in [9.17, 15) is 18.0 Å². The van der Waals surface area contributed by atoms with Gasteiger partial charge in [-0.3, -0.25) is 5.32 Å². The summed E-state index contributed by atoms with van der Waals surface area (Å²) in [6.07, 6.45) is 0.0467. The van der Waals surface area contributed by atoms with Gasteiger partial charge in [-0.1, -0.05) is 26.1 Å². The Morgan fingerprint density at radius 1 is 1.36 bits per heavy atom. The third-order valence-electron chi connectivity index (χ3n) is 5.53. The maximum atomic E-state index is 13.1. The number of anilines is 1. The monoisotopic (exact) mass is 486 g/mol. The van der Waals surface area contributed by atoms with Gasteiger partial charge in [0.2, 0.25) is 0 Å². The molecule has 2 aromatic heterocycles. The zero-order chi connectivity index (χ0) is 24.1. The molecular weight excluding hydrogens is 453 g/mol. The number of alkyl halides is 3. The van der Waals surface area contributed by atoms with Gasteiger partial charge in [-0.25, -0.2) is 14.8 Å². The van der Waals surface area contributed by atoms with Gasteiger partial charge in [0, 0.05) is 26.9 Å². The first-order valence-electron chi connectivity index (χ1n) is 11.3. The van der Waals surface area contributed by atoms with Crippen LogP contribution in [0.1, 0.15) is 25.7 Å². The first-order chi connectivity index (χ1) is 15.5. The molecule has 3 heterocycles. The average molecular weight is 487 g/mol. The van der Waals surface area contributed by atoms with Crippen molar-refractivity contribution in [3.63, 3.8) is 0 Å². The first-order valence-corrected chi connectivity index (χ1v) is 15.0. The number of carbonyl (C=O) groups is 1. The average Bonchev–Trinajstić information content (AvgIpc) is 3.12. The Bertz CT molecular complexity index is 925. The molecular formula is C21H33F3N6O2Si. The van der Waals surface area contributed by atoms with E-state index >= 15 is 0 Å². The van der Waals surface area contributed by atoms with E-state index in [1.54, 1.807) is 12.3 Å². The van der Waals surface area contributed by atoms with Gasteiger partial charge in [-0.15, -0.1) is 0 Å². The third kappa shape index (κ3) is 8.27. The molecule has 2 amide bonds. The molecule has 2 atom stereocenters. The fourth-order valence-electron chi connectivity index (χ4n) is 3.75. The number of ether oxygens (including phenoxy) is 1. The van der Waals surface area contributed by atoms with Crippen molar-refractivity contribution in [2.45, 2.75) is 76.4 Å². The first kappa shape index (κ1) is 25.4. The van der Waals surface area contributed by atoms with E-state index in [-0.39, 0.29) is 5.82 Å². The van der Waals surface area contributed by atoms with Crippen LogP contribution in [0.25, 0.3) is 11.2 Å². The van der Waals surface area contributed by atoms with Crippen molar-refractivity contribution in [2.24, 2.45) is 0 Å². The Hall–Kier alpha value is -2.18. The van der Waals surface area contributed by atoms with E-state index in [2.05, 4.69) is 45.6 Å². The molecule has 0 aliphatic carbocycles. The molecule has 1 saturated heterocycles. The summed E-state index contributed by atoms with van der Waals surface area (Å²) in [6.45, 7) is 8.53. The minimum Gasteiger partial charge on any atom is -0.361 e. The summed E-state index contributed by atoms with van der Waals surface area (Å²) in [5.74, 6) is 0.166. The lowest BCUT2D eigenvalue weighted by molar-refractivity contribution is -0.141. The van der Waals surface area contributed by atoms with Crippen LogP contribution in [0.4, 0.5) is 23.8 Å². The smallest absolute Gasteiger partial charge is 0.361 e. The Kier molecular flexibility index (Phi) is 8.35. The van der Waals surface area contributed by atoms with Crippen LogP contribution in [0.2, 0.25) is 25.7 Å². The fourth-order valence-corrected chi connectivity index (χ4v) is 4.51. The van der Waals surface area contributed by atoms with Gasteiger partial charge in [-0.05, 0) is 31.5 Å². The van der Waals surface area contributed by atoms with E-state index in [0.717, 1.165) is 18.9 Å². The summed E-state index contributed by atoms with van der Waals surface area (Å²) in [7, 11) is -1.17. The standard InChI is InChI=1S/C21H33F3N6O2Si/c1-33(2,3)11-10-32-14-30-9-7-16-19(30)26-13-18(27-16)29-20(31)28-17(12-21(22,23)24)15-6-4-5-8-25-15/h7,9,13,15,17,25H,4-6,8,10-12,14H2,1-3H3,(H2,27,28,29,31). The van der Waals surface area contributed by atoms with Crippen molar-refractivity contribution >= 4 is 31.1 Å². The van der Waals surface area contributed by atoms with Crippen molar-refractivity contribution in [3.8, 4) is 0 Å². The molecule has 1 fully saturated rings. The van der Waals surface area contributed by atoms with Crippen LogP contribution < -0.4 is 16.0 Å². The molecule has 33 heavy (non-hydrogen) atoms. The Labute approximate surface area is 192 Å². The summed E-state index contributed by atoms with van der Waals surface area (Å²) < 4.78 is 46.7. The predicted octanol–water partition coefficient (Wildman–Crippen LogP) is 4.33. The molecule has 0 aromatic carbocycles. The molecule has 1 aliphatic heterocycles. The van der Waals surface area contributed by atoms with Crippen molar-refractivity contribution in [2.75, 3.05) is 18.5 Å². The van der Waals surface area contributed by atoms with Gasteiger partial charge >= 0.3 is 12.2 Å². The number of urea groups is 1. The van der Waals surface area contributed by atoms with E-state index in [1.165, 1.54) is 6.20 Å². The van der Waals surface area contributed by atoms with Gasteiger partial charge < -0.3 is 19.9 Å². The minimum atomic E-state index is -4.38. The summed E-state index contributed by atoms with van der Waals surface area (Å²) in [5.41, 5.74) is 1.16. The van der Waals surface area contributed by atoms with Crippen LogP contribution in [0.15, 0.2) is 18.5 Å². The Balaban J connectivity index is 1.59. The van der Waals surface area contributed by atoms with Crippen LogP contribution in [0.5, 0.6) is 0 Å². The van der Waals surface area contributed by atoms with Gasteiger partial charge in [0.25, 0.3) is 0 Å². The highest BCUT2D eigenvalue weighted by molar-refractivity contribution is 6.76. The predicted molar refractivity (Wildman–Crippen MR) is 124 cm³/mol. The molecule has 0 bridgehead atoms. The van der Waals surface area contributed by atoms with Gasteiger partial charge in [0.05, 0.1) is 18.7 Å². The molecule has 0 spiro atoms. The quantitative estimate of drug-likeness (QED) is 0.362. The molecule has 12 heteroatoms. The van der Waals surface area contributed by atoms with Crippen molar-refractivity contribution < 1.29 is 22.7 Å². The molecule has 184 valence electrons. The van der Waals surface area contributed by atoms with Crippen molar-refractivity contribution in [3.05, 3.63) is 18.5 Å². The summed E-state index contributed by atoms with van der Waals surface area (Å²) >= 11 is 0. The zero-order valence-corrected chi connectivity index (χ0v) is 20.3. The highest BCUT2D eigenvalue weighted by atomic mass is 28.3. The molecule has 2 aromatic rings. The molecule has 2 unspecified atom stereocenters. The number of nitrogens with zero attached hydrogens (tertiary/aromatic N) is 3. The van der Waals surface area contributed by atoms with Crippen LogP contribution in [-0.2, 0) is 11.5 Å². The number of hydrogen-bond acceptors (Lipinski definition) is 5. The Morgan fingerprint density at radius 2 is 2.15 bits per heavy atom.